The van der Waals surface area contributed by atoms with Crippen LogP contribution in [-0.2, 0) is 6.11 Å². The van der Waals surface area contributed by atoms with Crippen molar-refractivity contribution in [3.63, 3.8) is 0 Å². The van der Waals surface area contributed by atoms with Crippen molar-refractivity contribution in [1.82, 2.24) is 4.98 Å². The van der Waals surface area contributed by atoms with E-state index in [0.717, 1.165) is 6.20 Å². The SMILES string of the molecule is Nc1ncc(C(F)(F)Oc2ccccc2)s1. The van der Waals surface area contributed by atoms with E-state index in [-0.39, 0.29) is 15.8 Å². The highest BCUT2D eigenvalue weighted by molar-refractivity contribution is 7.15. The zero-order chi connectivity index (χ0) is 11.6. The lowest BCUT2D eigenvalue weighted by Crippen LogP contribution is -2.20. The van der Waals surface area contributed by atoms with Crippen molar-refractivity contribution in [2.24, 2.45) is 0 Å². The molecule has 1 aromatic carbocycles. The van der Waals surface area contributed by atoms with Crippen LogP contribution in [0.25, 0.3) is 0 Å². The summed E-state index contributed by atoms with van der Waals surface area (Å²) in [6, 6.07) is 7.87. The molecule has 0 aliphatic carbocycles. The minimum Gasteiger partial charge on any atom is -0.428 e. The molecule has 1 heterocycles. The fraction of sp³-hybridized carbons (Fsp3) is 0.100. The molecular formula is C10H8F2N2OS. The molecule has 0 fully saturated rings. The van der Waals surface area contributed by atoms with Crippen LogP contribution in [0.3, 0.4) is 0 Å². The number of halogens is 2. The topological polar surface area (TPSA) is 48.1 Å². The summed E-state index contributed by atoms with van der Waals surface area (Å²) in [4.78, 5) is 3.25. The van der Waals surface area contributed by atoms with E-state index in [0.29, 0.717) is 11.3 Å². The molecule has 0 unspecified atom stereocenters. The van der Waals surface area contributed by atoms with Gasteiger partial charge in [-0.1, -0.05) is 29.5 Å². The van der Waals surface area contributed by atoms with Crippen molar-refractivity contribution in [2.75, 3.05) is 5.73 Å². The average molecular weight is 242 g/mol. The Balaban J connectivity index is 2.20. The summed E-state index contributed by atoms with van der Waals surface area (Å²) in [6.45, 7) is 0. The number of thiazole rings is 1. The molecule has 2 rings (SSSR count). The maximum Gasteiger partial charge on any atom is 0.437 e. The first kappa shape index (κ1) is 10.8. The third-order valence-electron chi connectivity index (χ3n) is 1.80. The number of nitrogens with two attached hydrogens (primary N) is 1. The molecule has 3 nitrogen and oxygen atoms in total. The highest BCUT2D eigenvalue weighted by Crippen LogP contribution is 2.35. The zero-order valence-corrected chi connectivity index (χ0v) is 8.88. The number of aromatic nitrogens is 1. The van der Waals surface area contributed by atoms with Gasteiger partial charge in [0, 0.05) is 0 Å². The average Bonchev–Trinajstić information content (AvgIpc) is 2.66. The Morgan fingerprint density at radius 2 is 1.94 bits per heavy atom. The van der Waals surface area contributed by atoms with E-state index >= 15 is 0 Å². The minimum absolute atomic E-state index is 0.0892. The number of benzene rings is 1. The van der Waals surface area contributed by atoms with Crippen LogP contribution in [0, 0.1) is 0 Å². The Morgan fingerprint density at radius 3 is 2.50 bits per heavy atom. The van der Waals surface area contributed by atoms with Crippen LogP contribution in [0.4, 0.5) is 13.9 Å². The Bertz CT molecular complexity index is 473. The van der Waals surface area contributed by atoms with Gasteiger partial charge in [0.1, 0.15) is 10.6 Å². The Kier molecular flexibility index (Phi) is 2.74. The molecule has 0 aliphatic rings. The summed E-state index contributed by atoms with van der Waals surface area (Å²) in [5.41, 5.74) is 5.29. The highest BCUT2D eigenvalue weighted by atomic mass is 32.1. The highest BCUT2D eigenvalue weighted by Gasteiger charge is 2.36. The zero-order valence-electron chi connectivity index (χ0n) is 8.06. The van der Waals surface area contributed by atoms with Crippen LogP contribution in [0.15, 0.2) is 36.5 Å². The van der Waals surface area contributed by atoms with Crippen LogP contribution < -0.4 is 10.5 Å². The van der Waals surface area contributed by atoms with Gasteiger partial charge < -0.3 is 10.5 Å². The van der Waals surface area contributed by atoms with Crippen molar-refractivity contribution in [1.29, 1.82) is 0 Å². The summed E-state index contributed by atoms with van der Waals surface area (Å²) >= 11 is 0.706. The monoisotopic (exact) mass is 242 g/mol. The van der Waals surface area contributed by atoms with E-state index in [1.54, 1.807) is 18.2 Å². The van der Waals surface area contributed by atoms with Crippen LogP contribution in [0.2, 0.25) is 0 Å². The number of alkyl halides is 2. The first-order chi connectivity index (χ1) is 7.58. The lowest BCUT2D eigenvalue weighted by Gasteiger charge is -2.15. The maximum absolute atomic E-state index is 13.5. The predicted octanol–water partition coefficient (Wildman–Crippen LogP) is 2.85. The van der Waals surface area contributed by atoms with E-state index in [1.807, 2.05) is 0 Å². The molecule has 0 radical (unpaired) electrons. The molecule has 1 aromatic heterocycles. The van der Waals surface area contributed by atoms with Gasteiger partial charge in [0.05, 0.1) is 6.20 Å². The summed E-state index contributed by atoms with van der Waals surface area (Å²) in [6.07, 6.45) is -2.39. The Hall–Kier alpha value is -1.69. The van der Waals surface area contributed by atoms with Crippen molar-refractivity contribution >= 4 is 16.5 Å². The second-order valence-electron chi connectivity index (χ2n) is 2.99. The Morgan fingerprint density at radius 1 is 1.25 bits per heavy atom. The van der Waals surface area contributed by atoms with Crippen molar-refractivity contribution in [3.05, 3.63) is 41.4 Å². The van der Waals surface area contributed by atoms with Crippen LogP contribution >= 0.6 is 11.3 Å². The van der Waals surface area contributed by atoms with Gasteiger partial charge in [0.25, 0.3) is 0 Å². The third-order valence-corrected chi connectivity index (χ3v) is 2.68. The van der Waals surface area contributed by atoms with E-state index in [4.69, 9.17) is 5.73 Å². The summed E-state index contributed by atoms with van der Waals surface area (Å²) < 4.78 is 31.7. The first-order valence-electron chi connectivity index (χ1n) is 4.41. The number of hydrogen-bond acceptors (Lipinski definition) is 4. The second kappa shape index (κ2) is 4.05. The fourth-order valence-electron chi connectivity index (χ4n) is 1.11. The van der Waals surface area contributed by atoms with Crippen LogP contribution in [0.5, 0.6) is 5.75 Å². The number of nitrogen functional groups attached to an aromatic ring is 1. The lowest BCUT2D eigenvalue weighted by atomic mass is 10.3. The van der Waals surface area contributed by atoms with Gasteiger partial charge in [0.15, 0.2) is 5.13 Å². The number of hydrogen-bond donors (Lipinski definition) is 1. The quantitative estimate of drug-likeness (QED) is 0.900. The van der Waals surface area contributed by atoms with Crippen molar-refractivity contribution in [2.45, 2.75) is 6.11 Å². The molecule has 0 amide bonds. The number of rotatable bonds is 3. The lowest BCUT2D eigenvalue weighted by molar-refractivity contribution is -0.182. The number of para-hydroxylation sites is 1. The molecule has 0 spiro atoms. The van der Waals surface area contributed by atoms with Crippen LogP contribution in [-0.4, -0.2) is 4.98 Å². The normalized spacial score (nSPS) is 11.4. The maximum atomic E-state index is 13.5. The van der Waals surface area contributed by atoms with Gasteiger partial charge in [-0.05, 0) is 12.1 Å². The predicted molar refractivity (Wildman–Crippen MR) is 57.5 cm³/mol. The van der Waals surface area contributed by atoms with Gasteiger partial charge in [-0.2, -0.15) is 8.78 Å². The van der Waals surface area contributed by atoms with Gasteiger partial charge in [-0.15, -0.1) is 0 Å². The van der Waals surface area contributed by atoms with E-state index in [2.05, 4.69) is 9.72 Å². The summed E-state index contributed by atoms with van der Waals surface area (Å²) in [5, 5.41) is 0.0892. The number of ether oxygens (including phenoxy) is 1. The molecule has 0 aliphatic heterocycles. The van der Waals surface area contributed by atoms with Crippen LogP contribution in [0.1, 0.15) is 4.88 Å². The molecule has 0 atom stereocenters. The first-order valence-corrected chi connectivity index (χ1v) is 5.23. The van der Waals surface area contributed by atoms with Gasteiger partial charge in [-0.25, -0.2) is 4.98 Å². The molecule has 2 N–H and O–H groups in total. The van der Waals surface area contributed by atoms with E-state index in [1.165, 1.54) is 12.1 Å². The standard InChI is InChI=1S/C10H8F2N2OS/c11-10(12,8-6-14-9(13)16-8)15-7-4-2-1-3-5-7/h1-6H,(H2,13,14). The molecule has 6 heteroatoms. The smallest absolute Gasteiger partial charge is 0.428 e. The molecule has 84 valence electrons. The number of nitrogens with zero attached hydrogens (tertiary/aromatic N) is 1. The molecule has 16 heavy (non-hydrogen) atoms. The van der Waals surface area contributed by atoms with Gasteiger partial charge >= 0.3 is 6.11 Å². The number of anilines is 1. The van der Waals surface area contributed by atoms with Gasteiger partial charge in [0.2, 0.25) is 0 Å². The fourth-order valence-corrected chi connectivity index (χ4v) is 1.71. The third kappa shape index (κ3) is 2.27. The van der Waals surface area contributed by atoms with Crippen molar-refractivity contribution in [3.8, 4) is 5.75 Å². The largest absolute Gasteiger partial charge is 0.437 e. The summed E-state index contributed by atoms with van der Waals surface area (Å²) in [7, 11) is 0. The van der Waals surface area contributed by atoms with E-state index < -0.39 is 6.11 Å². The minimum atomic E-state index is -3.41. The molecule has 0 saturated carbocycles. The molecular weight excluding hydrogens is 234 g/mol. The molecule has 0 saturated heterocycles. The molecule has 2 aromatic rings. The Labute approximate surface area is 94.5 Å². The van der Waals surface area contributed by atoms with Gasteiger partial charge in [-0.3, -0.25) is 0 Å². The van der Waals surface area contributed by atoms with E-state index in [9.17, 15) is 8.78 Å². The molecule has 0 bridgehead atoms. The second-order valence-corrected chi connectivity index (χ2v) is 4.06. The summed E-state index contributed by atoms with van der Waals surface area (Å²) in [5.74, 6) is 0.0967. The van der Waals surface area contributed by atoms with Crippen molar-refractivity contribution < 1.29 is 13.5 Å².